The predicted molar refractivity (Wildman–Crippen MR) is 156 cm³/mol. The van der Waals surface area contributed by atoms with Crippen LogP contribution in [-0.4, -0.2) is 98.3 Å². The van der Waals surface area contributed by atoms with Gasteiger partial charge in [0.2, 0.25) is 0 Å². The summed E-state index contributed by atoms with van der Waals surface area (Å²) in [4.78, 5) is 53.6. The van der Waals surface area contributed by atoms with E-state index in [2.05, 4.69) is 24.9 Å². The predicted octanol–water partition coefficient (Wildman–Crippen LogP) is -0.0991. The van der Waals surface area contributed by atoms with Crippen LogP contribution in [0.4, 0.5) is 5.82 Å². The largest absolute Gasteiger partial charge is 0.472 e. The highest BCUT2D eigenvalue weighted by molar-refractivity contribution is 7.47. The summed E-state index contributed by atoms with van der Waals surface area (Å²) in [6.45, 7) is -0.270. The van der Waals surface area contributed by atoms with Crippen molar-refractivity contribution in [2.75, 3.05) is 25.6 Å². The fourth-order valence-electron chi connectivity index (χ4n) is 7.37. The van der Waals surface area contributed by atoms with Gasteiger partial charge in [-0.1, -0.05) is 0 Å². The Morgan fingerprint density at radius 1 is 1.13 bits per heavy atom. The second-order valence-corrected chi connectivity index (χ2v) is 15.0. The number of ether oxygens (including phenoxy) is 1. The monoisotopic (exact) mass is 696 g/mol. The van der Waals surface area contributed by atoms with E-state index in [0.29, 0.717) is 11.0 Å². The molecule has 2 aliphatic heterocycles. The summed E-state index contributed by atoms with van der Waals surface area (Å²) in [5.74, 6) is -1.08. The van der Waals surface area contributed by atoms with Crippen LogP contribution in [0, 0.1) is 24.2 Å². The number of nitrogens with zero attached hydrogens (tertiary/aromatic N) is 6. The molecule has 4 aliphatic rings. The van der Waals surface area contributed by atoms with Crippen LogP contribution in [0.2, 0.25) is 0 Å². The number of phosphoric acid groups is 2. The average Bonchev–Trinajstić information content (AvgIpc) is 3.30. The minimum atomic E-state index is -4.98. The first-order chi connectivity index (χ1) is 22.3. The Kier molecular flexibility index (Phi) is 7.08. The lowest BCUT2D eigenvalue weighted by atomic mass is 9.99. The van der Waals surface area contributed by atoms with Crippen LogP contribution in [0.1, 0.15) is 24.5 Å². The summed E-state index contributed by atoms with van der Waals surface area (Å²) in [6.07, 6.45) is -2.29. The van der Waals surface area contributed by atoms with E-state index in [9.17, 15) is 33.9 Å². The molecule has 47 heavy (non-hydrogen) atoms. The molecule has 2 saturated carbocycles. The molecule has 2 bridgehead atoms. The van der Waals surface area contributed by atoms with Gasteiger partial charge in [-0.15, -0.1) is 0 Å². The zero-order valence-corrected chi connectivity index (χ0v) is 26.3. The topological polar surface area (TPSA) is 282 Å². The third-order valence-electron chi connectivity index (χ3n) is 9.61. The molecule has 4 aromatic rings. The first-order valence-corrected chi connectivity index (χ1v) is 17.6. The molecule has 6 heterocycles. The van der Waals surface area contributed by atoms with Crippen molar-refractivity contribution in [2.45, 2.75) is 50.0 Å². The minimum Gasteiger partial charge on any atom is -0.396 e. The number of nitrogen functional groups attached to an aromatic ring is 1. The number of nitrogens with two attached hydrogens (primary N) is 1. The highest BCUT2D eigenvalue weighted by atomic mass is 31.2. The lowest BCUT2D eigenvalue weighted by Crippen LogP contribution is -2.38. The van der Waals surface area contributed by atoms with Gasteiger partial charge in [-0.2, -0.15) is 0 Å². The highest BCUT2D eigenvalue weighted by Gasteiger charge is 2.74. The van der Waals surface area contributed by atoms with Crippen LogP contribution >= 0.6 is 15.6 Å². The molecule has 22 heteroatoms. The van der Waals surface area contributed by atoms with Crippen molar-refractivity contribution in [3.8, 4) is 0 Å². The quantitative estimate of drug-likeness (QED) is 0.153. The van der Waals surface area contributed by atoms with Crippen molar-refractivity contribution in [1.29, 1.82) is 0 Å². The second-order valence-electron chi connectivity index (χ2n) is 12.2. The van der Waals surface area contributed by atoms with Gasteiger partial charge < -0.3 is 40.0 Å². The zero-order valence-electron chi connectivity index (χ0n) is 24.5. The van der Waals surface area contributed by atoms with Gasteiger partial charge in [0, 0.05) is 17.5 Å². The Bertz CT molecular complexity index is 2050. The number of rotatable bonds is 3. The molecule has 0 amide bonds. The fraction of sp³-hybridized carbons (Fsp3) is 0.560. The Morgan fingerprint density at radius 3 is 2.70 bits per heavy atom. The molecule has 2 saturated heterocycles. The zero-order chi connectivity index (χ0) is 33.0. The van der Waals surface area contributed by atoms with E-state index in [-0.39, 0.29) is 29.2 Å². The van der Waals surface area contributed by atoms with Crippen molar-refractivity contribution in [2.24, 2.45) is 17.3 Å². The second kappa shape index (κ2) is 10.7. The van der Waals surface area contributed by atoms with Crippen molar-refractivity contribution >= 4 is 43.7 Å². The van der Waals surface area contributed by atoms with Crippen molar-refractivity contribution < 1.29 is 52.0 Å². The Balaban J connectivity index is 1.15. The van der Waals surface area contributed by atoms with E-state index >= 15 is 0 Å². The first kappa shape index (κ1) is 31.2. The van der Waals surface area contributed by atoms with Gasteiger partial charge in [-0.25, -0.2) is 29.1 Å². The fourth-order valence-corrected chi connectivity index (χ4v) is 9.42. The van der Waals surface area contributed by atoms with Crippen LogP contribution in [0.25, 0.3) is 22.2 Å². The number of fused-ring (bicyclic) bond motifs is 4. The smallest absolute Gasteiger partial charge is 0.396 e. The lowest BCUT2D eigenvalue weighted by Gasteiger charge is -2.30. The van der Waals surface area contributed by atoms with E-state index in [1.807, 2.05) is 0 Å². The van der Waals surface area contributed by atoms with E-state index in [1.54, 1.807) is 23.8 Å². The molecule has 11 atom stereocenters. The third-order valence-corrected chi connectivity index (χ3v) is 11.5. The number of aliphatic hydroxyl groups excluding tert-OH is 2. The molecular weight excluding hydrogens is 666 g/mol. The highest BCUT2D eigenvalue weighted by Crippen LogP contribution is 2.72. The maximum absolute atomic E-state index is 13.6. The van der Waals surface area contributed by atoms with Crippen LogP contribution < -0.4 is 11.3 Å². The standard InChI is InChI=1S/C25H30N8O12P2/c1-10-30-22-15(23(36)31-10)29-9-33(22)24-18-12(5-34)14(43-24)6-41-46(37,38)45-19-17(35)16(13-4-25(13,19)7-42-47(39,40)44-18)32-3-2-11-20(26)27-8-28-21(11)32/h2-3,8-9,12-14,16-19,24,34-35H,4-7H2,1H3,(H,37,38)(H,39,40)(H2,26,27,28)(H,30,31,36)/t12-,13-,14-,16-,17+,18-,19+,24-,25?/m1/s1. The van der Waals surface area contributed by atoms with Crippen LogP contribution in [-0.2, 0) is 32.0 Å². The van der Waals surface area contributed by atoms with Crippen molar-refractivity contribution in [1.82, 2.24) is 34.1 Å². The van der Waals surface area contributed by atoms with Crippen molar-refractivity contribution in [3.05, 3.63) is 41.1 Å². The first-order valence-electron chi connectivity index (χ1n) is 14.6. The summed E-state index contributed by atoms with van der Waals surface area (Å²) in [6, 6.07) is 0.923. The van der Waals surface area contributed by atoms with Gasteiger partial charge in [0.1, 0.15) is 41.9 Å². The molecule has 7 N–H and O–H groups in total. The summed E-state index contributed by atoms with van der Waals surface area (Å²) < 4.78 is 58.2. The summed E-state index contributed by atoms with van der Waals surface area (Å²) in [5.41, 5.74) is 4.68. The van der Waals surface area contributed by atoms with E-state index < -0.39 is 95.0 Å². The number of aliphatic hydroxyl groups is 2. The van der Waals surface area contributed by atoms with E-state index in [1.165, 1.54) is 17.2 Å². The number of phosphoric ester groups is 2. The summed E-state index contributed by atoms with van der Waals surface area (Å²) in [7, 11) is -9.93. The molecule has 4 fully saturated rings. The van der Waals surface area contributed by atoms with E-state index in [0.717, 1.165) is 0 Å². The van der Waals surface area contributed by atoms with Crippen LogP contribution in [0.5, 0.6) is 0 Å². The molecule has 8 rings (SSSR count). The number of aromatic nitrogens is 7. The molecule has 4 aromatic heterocycles. The number of aryl methyl sites for hydroxylation is 1. The van der Waals surface area contributed by atoms with Crippen LogP contribution in [0.15, 0.2) is 29.7 Å². The number of anilines is 1. The lowest BCUT2D eigenvalue weighted by molar-refractivity contribution is -0.0662. The minimum absolute atomic E-state index is 0.0480. The number of hydrogen-bond donors (Lipinski definition) is 6. The van der Waals surface area contributed by atoms with Crippen LogP contribution in [0.3, 0.4) is 0 Å². The Morgan fingerprint density at radius 2 is 1.91 bits per heavy atom. The van der Waals surface area contributed by atoms with Crippen molar-refractivity contribution in [3.63, 3.8) is 0 Å². The number of imidazole rings is 1. The molecule has 2 aliphatic carbocycles. The van der Waals surface area contributed by atoms with Gasteiger partial charge in [0.15, 0.2) is 17.4 Å². The third kappa shape index (κ3) is 4.90. The summed E-state index contributed by atoms with van der Waals surface area (Å²) >= 11 is 0. The van der Waals surface area contributed by atoms with Gasteiger partial charge in [-0.05, 0) is 25.3 Å². The van der Waals surface area contributed by atoms with E-state index in [4.69, 9.17) is 28.6 Å². The molecule has 0 radical (unpaired) electrons. The molecule has 252 valence electrons. The SMILES string of the molecule is Cc1nc2c(ncn2[C@@H]2O[C@@H]3COP(=O)(O)O[C@H]4[C@@H](O)[C@H](n5ccc6c(N)ncnc65)[C@H]5CC54COP(=O)(O)O[C@@H]2[C@@H]3CO)c(=O)[nH]1. The number of H-pyrrole nitrogens is 1. The Hall–Kier alpha value is -3.13. The average molecular weight is 697 g/mol. The number of hydrogen-bond acceptors (Lipinski definition) is 15. The molecule has 1 spiro atoms. The molecular formula is C25H30N8O12P2. The maximum Gasteiger partial charge on any atom is 0.472 e. The van der Waals surface area contributed by atoms with Gasteiger partial charge >= 0.3 is 15.6 Å². The molecule has 0 aromatic carbocycles. The van der Waals surface area contributed by atoms with Gasteiger partial charge in [-0.3, -0.25) is 27.5 Å². The normalized spacial score (nSPS) is 40.4. The summed E-state index contributed by atoms with van der Waals surface area (Å²) in [5, 5.41) is 22.4. The number of nitrogens with one attached hydrogen (secondary N) is 1. The Labute approximate surface area is 263 Å². The molecule has 3 unspecified atom stereocenters. The van der Waals surface area contributed by atoms with Gasteiger partial charge in [0.05, 0.1) is 43.7 Å². The number of aromatic amines is 1. The van der Waals surface area contributed by atoms with Gasteiger partial charge in [0.25, 0.3) is 5.56 Å². The maximum atomic E-state index is 13.6. The molecule has 20 nitrogen and oxygen atoms in total.